The number of rotatable bonds is 5. The molecule has 0 unspecified atom stereocenters. The lowest BCUT2D eigenvalue weighted by molar-refractivity contribution is -0.118. The summed E-state index contributed by atoms with van der Waals surface area (Å²) < 4.78 is 0. The Kier molecular flexibility index (Phi) is 5.18. The Morgan fingerprint density at radius 1 is 1.47 bits per heavy atom. The Labute approximate surface area is 94.7 Å². The van der Waals surface area contributed by atoms with Crippen molar-refractivity contribution >= 4 is 17.7 Å². The van der Waals surface area contributed by atoms with Gasteiger partial charge in [-0.05, 0) is 18.1 Å². The zero-order valence-electron chi connectivity index (χ0n) is 9.06. The van der Waals surface area contributed by atoms with Crippen LogP contribution >= 0.6 is 11.8 Å². The predicted octanol–water partition coefficient (Wildman–Crippen LogP) is 1.95. The second-order valence-corrected chi connectivity index (χ2v) is 4.72. The SMILES string of the molecule is CC(C)CNC(=O)CSc1ccncc1. The fraction of sp³-hybridized carbons (Fsp3) is 0.455. The minimum atomic E-state index is 0.0884. The molecule has 1 aromatic rings. The molecule has 1 N–H and O–H groups in total. The second-order valence-electron chi connectivity index (χ2n) is 3.67. The maximum atomic E-state index is 11.4. The molecule has 4 heteroatoms. The molecule has 0 aromatic carbocycles. The smallest absolute Gasteiger partial charge is 0.230 e. The van der Waals surface area contributed by atoms with Crippen LogP contribution in [0.3, 0.4) is 0 Å². The zero-order chi connectivity index (χ0) is 11.1. The van der Waals surface area contributed by atoms with Crippen LogP contribution in [0.4, 0.5) is 0 Å². The van der Waals surface area contributed by atoms with E-state index in [1.54, 1.807) is 12.4 Å². The van der Waals surface area contributed by atoms with Gasteiger partial charge in [-0.3, -0.25) is 9.78 Å². The number of hydrogen-bond donors (Lipinski definition) is 1. The summed E-state index contributed by atoms with van der Waals surface area (Å²) in [6.07, 6.45) is 3.46. The minimum Gasteiger partial charge on any atom is -0.355 e. The van der Waals surface area contributed by atoms with Gasteiger partial charge < -0.3 is 5.32 Å². The molecule has 0 bridgehead atoms. The fourth-order valence-electron chi connectivity index (χ4n) is 0.952. The summed E-state index contributed by atoms with van der Waals surface area (Å²) in [6.45, 7) is 4.91. The molecule has 0 radical (unpaired) electrons. The first-order valence-electron chi connectivity index (χ1n) is 4.98. The molecule has 1 heterocycles. The molecule has 1 amide bonds. The second kappa shape index (κ2) is 6.45. The van der Waals surface area contributed by atoms with Crippen LogP contribution in [-0.2, 0) is 4.79 Å². The number of amides is 1. The van der Waals surface area contributed by atoms with Crippen LogP contribution < -0.4 is 5.32 Å². The van der Waals surface area contributed by atoms with E-state index < -0.39 is 0 Å². The van der Waals surface area contributed by atoms with Gasteiger partial charge >= 0.3 is 0 Å². The van der Waals surface area contributed by atoms with E-state index in [4.69, 9.17) is 0 Å². The molecule has 3 nitrogen and oxygen atoms in total. The van der Waals surface area contributed by atoms with Crippen LogP contribution in [-0.4, -0.2) is 23.2 Å². The largest absolute Gasteiger partial charge is 0.355 e. The molecule has 15 heavy (non-hydrogen) atoms. The lowest BCUT2D eigenvalue weighted by Crippen LogP contribution is -2.28. The van der Waals surface area contributed by atoms with Gasteiger partial charge in [0, 0.05) is 23.8 Å². The van der Waals surface area contributed by atoms with Crippen molar-refractivity contribution in [2.45, 2.75) is 18.7 Å². The zero-order valence-corrected chi connectivity index (χ0v) is 9.88. The Balaban J connectivity index is 2.23. The minimum absolute atomic E-state index is 0.0884. The van der Waals surface area contributed by atoms with Crippen LogP contribution in [0, 0.1) is 5.92 Å². The fourth-order valence-corrected chi connectivity index (χ4v) is 1.67. The van der Waals surface area contributed by atoms with Gasteiger partial charge in [0.05, 0.1) is 5.75 Å². The van der Waals surface area contributed by atoms with Crippen molar-refractivity contribution in [2.24, 2.45) is 5.92 Å². The molecular weight excluding hydrogens is 208 g/mol. The highest BCUT2D eigenvalue weighted by Crippen LogP contribution is 2.15. The van der Waals surface area contributed by atoms with E-state index in [1.807, 2.05) is 12.1 Å². The van der Waals surface area contributed by atoms with Crippen LogP contribution in [0.2, 0.25) is 0 Å². The van der Waals surface area contributed by atoms with Crippen LogP contribution in [0.5, 0.6) is 0 Å². The van der Waals surface area contributed by atoms with Gasteiger partial charge in [0.25, 0.3) is 0 Å². The Morgan fingerprint density at radius 3 is 2.73 bits per heavy atom. The first-order valence-corrected chi connectivity index (χ1v) is 5.96. The lowest BCUT2D eigenvalue weighted by atomic mass is 10.2. The number of pyridine rings is 1. The molecule has 0 saturated carbocycles. The van der Waals surface area contributed by atoms with Gasteiger partial charge in [-0.15, -0.1) is 11.8 Å². The first-order chi connectivity index (χ1) is 7.18. The van der Waals surface area contributed by atoms with E-state index in [1.165, 1.54) is 11.8 Å². The summed E-state index contributed by atoms with van der Waals surface area (Å²) in [5, 5.41) is 2.88. The van der Waals surface area contributed by atoms with E-state index in [2.05, 4.69) is 24.1 Å². The molecule has 1 rings (SSSR count). The average Bonchev–Trinajstić information content (AvgIpc) is 2.25. The molecule has 0 aliphatic carbocycles. The van der Waals surface area contributed by atoms with Gasteiger partial charge in [0.15, 0.2) is 0 Å². The average molecular weight is 224 g/mol. The third-order valence-electron chi connectivity index (χ3n) is 1.73. The number of carbonyl (C=O) groups is 1. The van der Waals surface area contributed by atoms with Gasteiger partial charge in [0.2, 0.25) is 5.91 Å². The summed E-state index contributed by atoms with van der Waals surface area (Å²) in [4.78, 5) is 16.4. The van der Waals surface area contributed by atoms with Crippen LogP contribution in [0.25, 0.3) is 0 Å². The van der Waals surface area contributed by atoms with E-state index in [0.717, 1.165) is 11.4 Å². The number of nitrogens with zero attached hydrogens (tertiary/aromatic N) is 1. The molecule has 0 aliphatic rings. The first kappa shape index (κ1) is 12.0. The van der Waals surface area contributed by atoms with Crippen molar-refractivity contribution < 1.29 is 4.79 Å². The van der Waals surface area contributed by atoms with Crippen molar-refractivity contribution in [3.63, 3.8) is 0 Å². The number of thioether (sulfide) groups is 1. The summed E-state index contributed by atoms with van der Waals surface area (Å²) in [5.74, 6) is 1.06. The Morgan fingerprint density at radius 2 is 2.13 bits per heavy atom. The van der Waals surface area contributed by atoms with Crippen LogP contribution in [0.1, 0.15) is 13.8 Å². The van der Waals surface area contributed by atoms with Gasteiger partial charge in [-0.25, -0.2) is 0 Å². The third-order valence-corrected chi connectivity index (χ3v) is 2.74. The molecule has 0 spiro atoms. The highest BCUT2D eigenvalue weighted by atomic mass is 32.2. The maximum Gasteiger partial charge on any atom is 0.230 e. The summed E-state index contributed by atoms with van der Waals surface area (Å²) in [5.41, 5.74) is 0. The number of nitrogens with one attached hydrogen (secondary N) is 1. The highest BCUT2D eigenvalue weighted by Gasteiger charge is 2.02. The molecule has 0 saturated heterocycles. The Bertz CT molecular complexity index is 301. The lowest BCUT2D eigenvalue weighted by Gasteiger charge is -2.06. The van der Waals surface area contributed by atoms with E-state index in [9.17, 15) is 4.79 Å². The maximum absolute atomic E-state index is 11.4. The van der Waals surface area contributed by atoms with Crippen molar-refractivity contribution in [2.75, 3.05) is 12.3 Å². The highest BCUT2D eigenvalue weighted by molar-refractivity contribution is 8.00. The molecule has 0 atom stereocenters. The number of aromatic nitrogens is 1. The van der Waals surface area contributed by atoms with Crippen LogP contribution in [0.15, 0.2) is 29.4 Å². The summed E-state index contributed by atoms with van der Waals surface area (Å²) in [7, 11) is 0. The summed E-state index contributed by atoms with van der Waals surface area (Å²) >= 11 is 1.53. The monoisotopic (exact) mass is 224 g/mol. The number of hydrogen-bond acceptors (Lipinski definition) is 3. The molecule has 0 fully saturated rings. The van der Waals surface area contributed by atoms with E-state index in [0.29, 0.717) is 11.7 Å². The standard InChI is InChI=1S/C11H16N2OS/c1-9(2)7-13-11(14)8-15-10-3-5-12-6-4-10/h3-6,9H,7-8H2,1-2H3,(H,13,14). The van der Waals surface area contributed by atoms with Crippen molar-refractivity contribution in [1.82, 2.24) is 10.3 Å². The molecular formula is C11H16N2OS. The quantitative estimate of drug-likeness (QED) is 0.777. The number of carbonyl (C=O) groups excluding carboxylic acids is 1. The third kappa shape index (κ3) is 5.42. The molecule has 0 aliphatic heterocycles. The predicted molar refractivity (Wildman–Crippen MR) is 62.8 cm³/mol. The molecule has 82 valence electrons. The van der Waals surface area contributed by atoms with E-state index >= 15 is 0 Å². The Hall–Kier alpha value is -1.03. The molecule has 1 aromatic heterocycles. The van der Waals surface area contributed by atoms with Gasteiger partial charge in [-0.2, -0.15) is 0 Å². The van der Waals surface area contributed by atoms with Crippen molar-refractivity contribution in [3.05, 3.63) is 24.5 Å². The van der Waals surface area contributed by atoms with Gasteiger partial charge in [-0.1, -0.05) is 13.8 Å². The topological polar surface area (TPSA) is 42.0 Å². The van der Waals surface area contributed by atoms with Gasteiger partial charge in [0.1, 0.15) is 0 Å². The van der Waals surface area contributed by atoms with Crippen molar-refractivity contribution in [3.8, 4) is 0 Å². The van der Waals surface area contributed by atoms with Crippen molar-refractivity contribution in [1.29, 1.82) is 0 Å². The normalized spacial score (nSPS) is 10.3. The van der Waals surface area contributed by atoms with E-state index in [-0.39, 0.29) is 5.91 Å². The summed E-state index contributed by atoms with van der Waals surface area (Å²) in [6, 6.07) is 3.81.